The Morgan fingerprint density at radius 3 is 2.38 bits per heavy atom. The minimum absolute atomic E-state index is 0.0926. The molecule has 1 heterocycles. The summed E-state index contributed by atoms with van der Waals surface area (Å²) in [5.41, 5.74) is 0. The van der Waals surface area contributed by atoms with Gasteiger partial charge in [-0.2, -0.15) is 13.2 Å². The SMILES string of the molecule is Cc1cc(Br)c([C@H](O)C(F)(F)F)s1. The van der Waals surface area contributed by atoms with Gasteiger partial charge in [0.1, 0.15) is 0 Å². The van der Waals surface area contributed by atoms with E-state index in [0.717, 1.165) is 16.2 Å². The van der Waals surface area contributed by atoms with Gasteiger partial charge < -0.3 is 5.11 Å². The molecule has 0 aromatic carbocycles. The molecule has 74 valence electrons. The summed E-state index contributed by atoms with van der Waals surface area (Å²) in [4.78, 5) is 0.634. The van der Waals surface area contributed by atoms with Crippen LogP contribution in [0.2, 0.25) is 0 Å². The highest BCUT2D eigenvalue weighted by atomic mass is 79.9. The number of aliphatic hydroxyl groups is 1. The first-order chi connectivity index (χ1) is 5.82. The van der Waals surface area contributed by atoms with E-state index in [1.54, 1.807) is 13.0 Å². The van der Waals surface area contributed by atoms with Crippen LogP contribution in [0.25, 0.3) is 0 Å². The molecule has 0 saturated carbocycles. The van der Waals surface area contributed by atoms with Crippen LogP contribution >= 0.6 is 27.3 Å². The van der Waals surface area contributed by atoms with E-state index in [1.165, 1.54) is 0 Å². The zero-order valence-corrected chi connectivity index (χ0v) is 8.92. The van der Waals surface area contributed by atoms with Crippen LogP contribution in [0.1, 0.15) is 15.9 Å². The number of hydrogen-bond acceptors (Lipinski definition) is 2. The Balaban J connectivity index is 3.01. The monoisotopic (exact) mass is 274 g/mol. The van der Waals surface area contributed by atoms with Crippen molar-refractivity contribution in [1.29, 1.82) is 0 Å². The third kappa shape index (κ3) is 2.45. The normalized spacial score (nSPS) is 14.6. The first-order valence-electron chi connectivity index (χ1n) is 3.33. The predicted molar refractivity (Wildman–Crippen MR) is 47.8 cm³/mol. The molecule has 0 bridgehead atoms. The highest BCUT2D eigenvalue weighted by Gasteiger charge is 2.41. The molecule has 0 amide bonds. The molecule has 0 unspecified atom stereocenters. The van der Waals surface area contributed by atoms with Crippen molar-refractivity contribution in [3.63, 3.8) is 0 Å². The van der Waals surface area contributed by atoms with Crippen molar-refractivity contribution in [2.45, 2.75) is 19.2 Å². The molecule has 0 aliphatic heterocycles. The lowest BCUT2D eigenvalue weighted by atomic mass is 10.3. The van der Waals surface area contributed by atoms with Gasteiger partial charge in [0.15, 0.2) is 6.10 Å². The summed E-state index contributed by atoms with van der Waals surface area (Å²) in [7, 11) is 0. The molecule has 1 rings (SSSR count). The molecule has 1 aromatic heterocycles. The van der Waals surface area contributed by atoms with Crippen LogP contribution in [0.3, 0.4) is 0 Å². The summed E-state index contributed by atoms with van der Waals surface area (Å²) in [6.45, 7) is 1.68. The van der Waals surface area contributed by atoms with Gasteiger partial charge in [0.2, 0.25) is 0 Å². The van der Waals surface area contributed by atoms with Crippen LogP contribution in [0.5, 0.6) is 0 Å². The van der Waals surface area contributed by atoms with Crippen LogP contribution in [-0.2, 0) is 0 Å². The molecule has 1 N–H and O–H groups in total. The third-order valence-electron chi connectivity index (χ3n) is 1.39. The smallest absolute Gasteiger partial charge is 0.379 e. The van der Waals surface area contributed by atoms with Gasteiger partial charge in [-0.25, -0.2) is 0 Å². The van der Waals surface area contributed by atoms with E-state index in [0.29, 0.717) is 4.47 Å². The molecule has 6 heteroatoms. The van der Waals surface area contributed by atoms with E-state index in [-0.39, 0.29) is 4.88 Å². The number of halogens is 4. The molecule has 0 fully saturated rings. The van der Waals surface area contributed by atoms with E-state index in [2.05, 4.69) is 15.9 Å². The molecule has 0 aliphatic carbocycles. The molecule has 0 radical (unpaired) electrons. The van der Waals surface area contributed by atoms with Gasteiger partial charge in [0, 0.05) is 9.35 Å². The quantitative estimate of drug-likeness (QED) is 0.832. The molecular weight excluding hydrogens is 269 g/mol. The molecule has 1 nitrogen and oxygen atoms in total. The summed E-state index contributed by atoms with van der Waals surface area (Å²) in [6.07, 6.45) is -6.99. The van der Waals surface area contributed by atoms with Crippen LogP contribution in [0, 0.1) is 6.92 Å². The Bertz CT molecular complexity index is 307. The number of alkyl halides is 3. The fourth-order valence-electron chi connectivity index (χ4n) is 0.836. The van der Waals surface area contributed by atoms with Crippen LogP contribution in [-0.4, -0.2) is 11.3 Å². The van der Waals surface area contributed by atoms with E-state index in [1.807, 2.05) is 0 Å². The Labute approximate surface area is 85.3 Å². The van der Waals surface area contributed by atoms with Crippen molar-refractivity contribution >= 4 is 27.3 Å². The molecule has 0 spiro atoms. The van der Waals surface area contributed by atoms with E-state index in [9.17, 15) is 13.2 Å². The van der Waals surface area contributed by atoms with Crippen molar-refractivity contribution in [3.8, 4) is 0 Å². The largest absolute Gasteiger partial charge is 0.419 e. The predicted octanol–water partition coefficient (Wildman–Crippen LogP) is 3.41. The van der Waals surface area contributed by atoms with Gasteiger partial charge in [-0.3, -0.25) is 0 Å². The summed E-state index contributed by atoms with van der Waals surface area (Å²) in [6, 6.07) is 1.55. The maximum absolute atomic E-state index is 12.1. The van der Waals surface area contributed by atoms with Crippen molar-refractivity contribution in [1.82, 2.24) is 0 Å². The van der Waals surface area contributed by atoms with Gasteiger partial charge >= 0.3 is 6.18 Å². The van der Waals surface area contributed by atoms with Crippen molar-refractivity contribution in [3.05, 3.63) is 20.3 Å². The Morgan fingerprint density at radius 2 is 2.08 bits per heavy atom. The van der Waals surface area contributed by atoms with E-state index < -0.39 is 12.3 Å². The molecule has 13 heavy (non-hydrogen) atoms. The van der Waals surface area contributed by atoms with Gasteiger partial charge in [-0.1, -0.05) is 0 Å². The van der Waals surface area contributed by atoms with E-state index >= 15 is 0 Å². The second kappa shape index (κ2) is 3.59. The summed E-state index contributed by atoms with van der Waals surface area (Å²) >= 11 is 3.89. The van der Waals surface area contributed by atoms with E-state index in [4.69, 9.17) is 5.11 Å². The summed E-state index contributed by atoms with van der Waals surface area (Å²) < 4.78 is 36.5. The first-order valence-corrected chi connectivity index (χ1v) is 4.94. The molecule has 0 aliphatic rings. The fourth-order valence-corrected chi connectivity index (χ4v) is 2.72. The molecule has 1 aromatic rings. The molecule has 0 saturated heterocycles. The lowest BCUT2D eigenvalue weighted by Crippen LogP contribution is -2.19. The van der Waals surface area contributed by atoms with Crippen LogP contribution in [0.15, 0.2) is 10.5 Å². The maximum atomic E-state index is 12.1. The van der Waals surface area contributed by atoms with Gasteiger partial charge in [0.05, 0.1) is 4.88 Å². The number of rotatable bonds is 1. The number of aryl methyl sites for hydroxylation is 1. The second-order valence-electron chi connectivity index (χ2n) is 2.51. The average molecular weight is 275 g/mol. The highest BCUT2D eigenvalue weighted by molar-refractivity contribution is 9.10. The standard InChI is InChI=1S/C7H6BrF3OS/c1-3-2-4(8)5(13-3)6(12)7(9,10)11/h2,6,12H,1H3/t6-/m0/s1. The highest BCUT2D eigenvalue weighted by Crippen LogP contribution is 2.40. The Morgan fingerprint density at radius 1 is 1.54 bits per heavy atom. The third-order valence-corrected chi connectivity index (χ3v) is 3.42. The fraction of sp³-hybridized carbons (Fsp3) is 0.429. The maximum Gasteiger partial charge on any atom is 0.419 e. The Hall–Kier alpha value is -0.0700. The van der Waals surface area contributed by atoms with Gasteiger partial charge in [0.25, 0.3) is 0 Å². The summed E-state index contributed by atoms with van der Waals surface area (Å²) in [5, 5.41) is 8.91. The number of aliphatic hydroxyl groups excluding tert-OH is 1. The molecule has 1 atom stereocenters. The lowest BCUT2D eigenvalue weighted by Gasteiger charge is -2.12. The Kier molecular flexibility index (Phi) is 3.04. The zero-order chi connectivity index (χ0) is 10.2. The second-order valence-corrected chi connectivity index (χ2v) is 4.66. The van der Waals surface area contributed by atoms with Gasteiger partial charge in [-0.15, -0.1) is 11.3 Å². The van der Waals surface area contributed by atoms with Crippen molar-refractivity contribution in [2.75, 3.05) is 0 Å². The summed E-state index contributed by atoms with van der Waals surface area (Å²) in [5.74, 6) is 0. The topological polar surface area (TPSA) is 20.2 Å². The first kappa shape index (κ1) is 11.0. The van der Waals surface area contributed by atoms with Gasteiger partial charge in [-0.05, 0) is 28.9 Å². The minimum atomic E-state index is -4.60. The number of thiophene rings is 1. The zero-order valence-electron chi connectivity index (χ0n) is 6.52. The van der Waals surface area contributed by atoms with Crippen LogP contribution in [0.4, 0.5) is 13.2 Å². The lowest BCUT2D eigenvalue weighted by molar-refractivity contribution is -0.205. The van der Waals surface area contributed by atoms with Crippen molar-refractivity contribution in [2.24, 2.45) is 0 Å². The average Bonchev–Trinajstić information content (AvgIpc) is 2.26. The molecular formula is C7H6BrF3OS. The van der Waals surface area contributed by atoms with Crippen LogP contribution < -0.4 is 0 Å². The van der Waals surface area contributed by atoms with Crippen molar-refractivity contribution < 1.29 is 18.3 Å². The number of hydrogen-bond donors (Lipinski definition) is 1. The minimum Gasteiger partial charge on any atom is -0.379 e.